The highest BCUT2D eigenvalue weighted by Crippen LogP contribution is 2.42. The van der Waals surface area contributed by atoms with Crippen molar-refractivity contribution < 1.29 is 28.9 Å². The van der Waals surface area contributed by atoms with E-state index in [1.54, 1.807) is 18.2 Å². The number of halogens is 1. The summed E-state index contributed by atoms with van der Waals surface area (Å²) in [6, 6.07) is 9.16. The Morgan fingerprint density at radius 1 is 1.27 bits per heavy atom. The van der Waals surface area contributed by atoms with Gasteiger partial charge in [-0.05, 0) is 29.8 Å². The van der Waals surface area contributed by atoms with Crippen LogP contribution in [0.2, 0.25) is 0 Å². The average Bonchev–Trinajstić information content (AvgIpc) is 3.09. The molecular formula is C18H13ClNO6-. The highest BCUT2D eigenvalue weighted by atomic mass is 35.5. The van der Waals surface area contributed by atoms with Crippen molar-refractivity contribution in [3.63, 3.8) is 0 Å². The lowest BCUT2D eigenvalue weighted by Gasteiger charge is -2.11. The summed E-state index contributed by atoms with van der Waals surface area (Å²) in [7, 11) is 1.48. The maximum absolute atomic E-state index is 12.3. The van der Waals surface area contributed by atoms with Crippen molar-refractivity contribution in [1.82, 2.24) is 0 Å². The van der Waals surface area contributed by atoms with Crippen molar-refractivity contribution in [2.45, 2.75) is 0 Å². The van der Waals surface area contributed by atoms with Gasteiger partial charge in [0.1, 0.15) is 5.03 Å². The minimum absolute atomic E-state index is 0.0765. The SMILES string of the molecule is COc1cc(/C=C(/Cl)C(=O)Nc2ccccc2C(=O)[O-])cc2c1OCO2. The first kappa shape index (κ1) is 17.6. The zero-order valence-electron chi connectivity index (χ0n) is 13.6. The number of fused-ring (bicyclic) bond motifs is 1. The Labute approximate surface area is 153 Å². The first-order valence-electron chi connectivity index (χ1n) is 7.46. The summed E-state index contributed by atoms with van der Waals surface area (Å²) < 4.78 is 15.8. The molecule has 1 aliphatic heterocycles. The highest BCUT2D eigenvalue weighted by Gasteiger charge is 2.20. The van der Waals surface area contributed by atoms with Gasteiger partial charge >= 0.3 is 0 Å². The van der Waals surface area contributed by atoms with E-state index in [1.807, 2.05) is 0 Å². The zero-order valence-corrected chi connectivity index (χ0v) is 14.3. The first-order chi connectivity index (χ1) is 12.5. The summed E-state index contributed by atoms with van der Waals surface area (Å²) in [6.07, 6.45) is 1.41. The van der Waals surface area contributed by atoms with E-state index in [4.69, 9.17) is 25.8 Å². The summed E-state index contributed by atoms with van der Waals surface area (Å²) in [5.41, 5.74) is 0.502. The fourth-order valence-corrected chi connectivity index (χ4v) is 2.57. The number of benzene rings is 2. The normalized spacial score (nSPS) is 12.6. The van der Waals surface area contributed by atoms with Crippen molar-refractivity contribution in [3.8, 4) is 17.2 Å². The fraction of sp³-hybridized carbons (Fsp3) is 0.111. The number of anilines is 1. The smallest absolute Gasteiger partial charge is 0.267 e. The largest absolute Gasteiger partial charge is 0.545 e. The Bertz CT molecular complexity index is 909. The molecule has 0 aromatic heterocycles. The predicted octanol–water partition coefficient (Wildman–Crippen LogP) is 2.01. The topological polar surface area (TPSA) is 96.9 Å². The molecule has 0 atom stereocenters. The van der Waals surface area contributed by atoms with Gasteiger partial charge in [-0.25, -0.2) is 0 Å². The number of carbonyl (C=O) groups is 2. The molecule has 1 amide bonds. The molecule has 0 spiro atoms. The number of carboxylic acids is 1. The number of rotatable bonds is 5. The number of aromatic carboxylic acids is 1. The number of hydrogen-bond donors (Lipinski definition) is 1. The van der Waals surface area contributed by atoms with Crippen molar-refractivity contribution >= 4 is 35.2 Å². The van der Waals surface area contributed by atoms with Gasteiger partial charge in [-0.1, -0.05) is 29.8 Å². The van der Waals surface area contributed by atoms with E-state index in [2.05, 4.69) is 5.32 Å². The number of ether oxygens (including phenoxy) is 3. The van der Waals surface area contributed by atoms with Crippen molar-refractivity contribution in [2.75, 3.05) is 19.2 Å². The number of methoxy groups -OCH3 is 1. The van der Waals surface area contributed by atoms with Gasteiger partial charge in [-0.3, -0.25) is 4.79 Å². The molecule has 0 radical (unpaired) electrons. The fourth-order valence-electron chi connectivity index (χ4n) is 2.40. The summed E-state index contributed by atoms with van der Waals surface area (Å²) in [5.74, 6) is -0.673. The summed E-state index contributed by atoms with van der Waals surface area (Å²) >= 11 is 6.07. The van der Waals surface area contributed by atoms with Crippen LogP contribution in [0, 0.1) is 0 Å². The van der Waals surface area contributed by atoms with Gasteiger partial charge in [0.15, 0.2) is 11.5 Å². The minimum atomic E-state index is -1.40. The van der Waals surface area contributed by atoms with E-state index in [0.29, 0.717) is 22.8 Å². The van der Waals surface area contributed by atoms with Crippen LogP contribution in [0.25, 0.3) is 6.08 Å². The third-order valence-electron chi connectivity index (χ3n) is 3.59. The third kappa shape index (κ3) is 3.57. The lowest BCUT2D eigenvalue weighted by atomic mass is 10.1. The zero-order chi connectivity index (χ0) is 18.7. The summed E-state index contributed by atoms with van der Waals surface area (Å²) in [6.45, 7) is 0.0765. The van der Waals surface area contributed by atoms with Crippen LogP contribution >= 0.6 is 11.6 Å². The van der Waals surface area contributed by atoms with Crippen LogP contribution in [0.15, 0.2) is 41.4 Å². The lowest BCUT2D eigenvalue weighted by Crippen LogP contribution is -2.24. The number of para-hydroxylation sites is 1. The van der Waals surface area contributed by atoms with Gasteiger partial charge in [0.05, 0.1) is 18.8 Å². The van der Waals surface area contributed by atoms with Gasteiger partial charge in [-0.15, -0.1) is 0 Å². The molecule has 0 saturated carbocycles. The van der Waals surface area contributed by atoms with Crippen molar-refractivity contribution in [3.05, 3.63) is 52.6 Å². The standard InChI is InChI=1S/C18H14ClNO6/c1-24-14-7-10(8-15-16(14)26-9-25-15)6-12(19)17(21)20-13-5-3-2-4-11(13)18(22)23/h2-8H,9H2,1H3,(H,20,21)(H,22,23)/p-1/b12-6+. The molecule has 0 aliphatic carbocycles. The molecule has 0 bridgehead atoms. The number of nitrogens with one attached hydrogen (secondary N) is 1. The molecule has 3 rings (SSSR count). The molecule has 8 heteroatoms. The molecule has 1 N–H and O–H groups in total. The molecule has 26 heavy (non-hydrogen) atoms. The quantitative estimate of drug-likeness (QED) is 0.804. The Morgan fingerprint density at radius 2 is 2.04 bits per heavy atom. The molecule has 134 valence electrons. The van der Waals surface area contributed by atoms with Gasteiger partial charge in [0, 0.05) is 5.56 Å². The first-order valence-corrected chi connectivity index (χ1v) is 7.84. The van der Waals surface area contributed by atoms with E-state index in [-0.39, 0.29) is 23.1 Å². The Hall–Kier alpha value is -3.19. The van der Waals surface area contributed by atoms with Gasteiger partial charge in [-0.2, -0.15) is 0 Å². The molecule has 1 aliphatic rings. The summed E-state index contributed by atoms with van der Waals surface area (Å²) in [4.78, 5) is 23.4. The van der Waals surface area contributed by atoms with Gasteiger partial charge in [0.25, 0.3) is 5.91 Å². The number of carbonyl (C=O) groups excluding carboxylic acids is 2. The second-order valence-electron chi connectivity index (χ2n) is 5.24. The lowest BCUT2D eigenvalue weighted by molar-refractivity contribution is -0.254. The molecule has 2 aromatic carbocycles. The van der Waals surface area contributed by atoms with E-state index in [9.17, 15) is 14.7 Å². The van der Waals surface area contributed by atoms with Crippen LogP contribution < -0.4 is 24.6 Å². The summed E-state index contributed by atoms with van der Waals surface area (Å²) in [5, 5.41) is 13.4. The average molecular weight is 375 g/mol. The Kier molecular flexibility index (Phi) is 4.99. The molecule has 2 aromatic rings. The molecule has 0 unspecified atom stereocenters. The Morgan fingerprint density at radius 3 is 2.77 bits per heavy atom. The van der Waals surface area contributed by atoms with Crippen molar-refractivity contribution in [1.29, 1.82) is 0 Å². The van der Waals surface area contributed by atoms with Crippen LogP contribution in [-0.4, -0.2) is 25.8 Å². The molecule has 0 saturated heterocycles. The Balaban J connectivity index is 1.84. The van der Waals surface area contributed by atoms with Crippen molar-refractivity contribution in [2.24, 2.45) is 0 Å². The molecule has 1 heterocycles. The number of carboxylic acid groups (broad SMARTS) is 1. The van der Waals surface area contributed by atoms with Crippen LogP contribution in [0.5, 0.6) is 17.2 Å². The van der Waals surface area contributed by atoms with Crippen LogP contribution in [0.4, 0.5) is 5.69 Å². The van der Waals surface area contributed by atoms with E-state index in [0.717, 1.165) is 0 Å². The maximum atomic E-state index is 12.3. The second-order valence-corrected chi connectivity index (χ2v) is 5.64. The van der Waals surface area contributed by atoms with Crippen LogP contribution in [0.3, 0.4) is 0 Å². The third-order valence-corrected chi connectivity index (χ3v) is 3.87. The van der Waals surface area contributed by atoms with E-state index < -0.39 is 11.9 Å². The number of amides is 1. The maximum Gasteiger partial charge on any atom is 0.267 e. The van der Waals surface area contributed by atoms with Gasteiger partial charge in [0.2, 0.25) is 12.5 Å². The van der Waals surface area contributed by atoms with Crippen LogP contribution in [0.1, 0.15) is 15.9 Å². The second kappa shape index (κ2) is 7.37. The predicted molar refractivity (Wildman–Crippen MR) is 92.3 cm³/mol. The molecule has 0 fully saturated rings. The highest BCUT2D eigenvalue weighted by molar-refractivity contribution is 6.45. The number of hydrogen-bond acceptors (Lipinski definition) is 6. The minimum Gasteiger partial charge on any atom is -0.545 e. The van der Waals surface area contributed by atoms with Crippen LogP contribution in [-0.2, 0) is 4.79 Å². The molecular weight excluding hydrogens is 362 g/mol. The monoisotopic (exact) mass is 374 g/mol. The van der Waals surface area contributed by atoms with E-state index in [1.165, 1.54) is 31.4 Å². The van der Waals surface area contributed by atoms with Gasteiger partial charge < -0.3 is 29.4 Å². The molecule has 7 nitrogen and oxygen atoms in total. The van der Waals surface area contributed by atoms with E-state index >= 15 is 0 Å².